The summed E-state index contributed by atoms with van der Waals surface area (Å²) in [7, 11) is 1.74. The Morgan fingerprint density at radius 2 is 1.64 bits per heavy atom. The van der Waals surface area contributed by atoms with Crippen molar-refractivity contribution in [3.05, 3.63) is 72.4 Å². The predicted molar refractivity (Wildman–Crippen MR) is 93.6 cm³/mol. The predicted octanol–water partition coefficient (Wildman–Crippen LogP) is 2.61. The third kappa shape index (κ3) is 5.26. The Bertz CT molecular complexity index is 512. The molecule has 0 bridgehead atoms. The van der Waals surface area contributed by atoms with Gasteiger partial charge in [-0.2, -0.15) is 0 Å². The van der Waals surface area contributed by atoms with Crippen molar-refractivity contribution in [2.24, 2.45) is 11.7 Å². The van der Waals surface area contributed by atoms with Crippen LogP contribution in [0, 0.1) is 5.92 Å². The van der Waals surface area contributed by atoms with E-state index in [1.54, 1.807) is 7.11 Å². The van der Waals surface area contributed by atoms with Crippen molar-refractivity contribution in [1.29, 1.82) is 0 Å². The maximum Gasteiger partial charge on any atom is 0.0589 e. The van der Waals surface area contributed by atoms with Crippen LogP contribution in [0.5, 0.6) is 0 Å². The highest BCUT2D eigenvalue weighted by molar-refractivity contribution is 5.33. The van der Waals surface area contributed by atoms with Gasteiger partial charge in [0, 0.05) is 38.7 Å². The summed E-state index contributed by atoms with van der Waals surface area (Å²) >= 11 is 0. The number of methoxy groups -OCH3 is 1. The van der Waals surface area contributed by atoms with Crippen LogP contribution in [-0.2, 0) is 4.74 Å². The van der Waals surface area contributed by atoms with Gasteiger partial charge in [0.1, 0.15) is 0 Å². The zero-order valence-corrected chi connectivity index (χ0v) is 13.3. The Morgan fingerprint density at radius 3 is 2.32 bits per heavy atom. The van der Waals surface area contributed by atoms with E-state index in [4.69, 9.17) is 10.5 Å². The molecule has 2 aliphatic rings. The van der Waals surface area contributed by atoms with Crippen molar-refractivity contribution in [3.8, 4) is 0 Å². The van der Waals surface area contributed by atoms with Crippen molar-refractivity contribution in [2.45, 2.75) is 6.04 Å². The molecule has 1 aliphatic heterocycles. The summed E-state index contributed by atoms with van der Waals surface area (Å²) in [5, 5.41) is 0. The molecule has 118 valence electrons. The molecule has 3 heteroatoms. The SMILES string of the molecule is COCCN1CC(C2=C/C=C\C=C/C=C\C=C/C=C\2)[C@H](N)C1. The number of hydrogen-bond acceptors (Lipinski definition) is 3. The monoisotopic (exact) mass is 298 g/mol. The first kappa shape index (κ1) is 16.7. The lowest BCUT2D eigenvalue weighted by molar-refractivity contribution is 0.159. The molecule has 2 atom stereocenters. The Morgan fingerprint density at radius 1 is 1.00 bits per heavy atom. The normalized spacial score (nSPS) is 35.6. The minimum absolute atomic E-state index is 0.175. The minimum Gasteiger partial charge on any atom is -0.383 e. The molecule has 0 radical (unpaired) electrons. The number of nitrogens with two attached hydrogens (primary N) is 1. The third-order valence-corrected chi connectivity index (χ3v) is 3.95. The van der Waals surface area contributed by atoms with Crippen LogP contribution < -0.4 is 5.73 Å². The van der Waals surface area contributed by atoms with Crippen LogP contribution in [-0.4, -0.2) is 44.3 Å². The zero-order valence-electron chi connectivity index (χ0n) is 13.3. The molecule has 0 aromatic carbocycles. The Labute approximate surface area is 133 Å². The number of likely N-dealkylation sites (tertiary alicyclic amines) is 1. The van der Waals surface area contributed by atoms with E-state index in [2.05, 4.69) is 29.2 Å². The highest BCUT2D eigenvalue weighted by Crippen LogP contribution is 2.24. The van der Waals surface area contributed by atoms with Crippen LogP contribution in [0.2, 0.25) is 0 Å². The molecular formula is C19H26N2O. The first-order chi connectivity index (χ1) is 10.8. The van der Waals surface area contributed by atoms with Gasteiger partial charge >= 0.3 is 0 Å². The standard InChI is InChI=1S/C19H26N2O/c1-22-14-13-21-15-18(19(20)16-21)17-11-9-7-5-3-2-4-6-8-10-12-17/h2-12,18-19H,13-16,20H2,1H3/b3-2-,4-2?,5-3?,6-4-,7-5-,8-6?,9-7?,10-8-,11-9-,12-10?,17-11?,17-12+/t18?,19-/m1/s1. The van der Waals surface area contributed by atoms with Crippen LogP contribution >= 0.6 is 0 Å². The van der Waals surface area contributed by atoms with Gasteiger partial charge in [-0.1, -0.05) is 66.8 Å². The molecule has 0 aromatic heterocycles. The van der Waals surface area contributed by atoms with Gasteiger partial charge in [0.05, 0.1) is 6.61 Å². The van der Waals surface area contributed by atoms with Gasteiger partial charge in [0.15, 0.2) is 0 Å². The molecule has 1 heterocycles. The fourth-order valence-electron chi connectivity index (χ4n) is 2.75. The molecule has 1 unspecified atom stereocenters. The maximum absolute atomic E-state index is 6.36. The van der Waals surface area contributed by atoms with E-state index in [1.807, 2.05) is 42.5 Å². The van der Waals surface area contributed by atoms with Crippen LogP contribution in [0.25, 0.3) is 0 Å². The molecule has 1 saturated heterocycles. The minimum atomic E-state index is 0.175. The van der Waals surface area contributed by atoms with Crippen LogP contribution in [0.1, 0.15) is 0 Å². The first-order valence-electron chi connectivity index (χ1n) is 7.83. The fraction of sp³-hybridized carbons (Fsp3) is 0.368. The number of rotatable bonds is 4. The molecule has 0 amide bonds. The van der Waals surface area contributed by atoms with Gasteiger partial charge in [-0.05, 0) is 5.57 Å². The number of allylic oxidation sites excluding steroid dienone is 11. The molecule has 2 rings (SSSR count). The largest absolute Gasteiger partial charge is 0.383 e. The molecule has 3 nitrogen and oxygen atoms in total. The van der Waals surface area contributed by atoms with Crippen molar-refractivity contribution >= 4 is 0 Å². The second-order valence-corrected chi connectivity index (χ2v) is 5.59. The van der Waals surface area contributed by atoms with Gasteiger partial charge in [0.25, 0.3) is 0 Å². The average Bonchev–Trinajstić information content (AvgIpc) is 2.87. The highest BCUT2D eigenvalue weighted by atomic mass is 16.5. The summed E-state index contributed by atoms with van der Waals surface area (Å²) in [6.45, 7) is 3.63. The van der Waals surface area contributed by atoms with Gasteiger partial charge < -0.3 is 10.5 Å². The quantitative estimate of drug-likeness (QED) is 0.867. The van der Waals surface area contributed by atoms with Crippen molar-refractivity contribution < 1.29 is 4.74 Å². The highest BCUT2D eigenvalue weighted by Gasteiger charge is 2.31. The second-order valence-electron chi connectivity index (χ2n) is 5.59. The van der Waals surface area contributed by atoms with E-state index in [9.17, 15) is 0 Å². The molecule has 0 saturated carbocycles. The van der Waals surface area contributed by atoms with E-state index < -0.39 is 0 Å². The molecule has 2 N–H and O–H groups in total. The van der Waals surface area contributed by atoms with Crippen LogP contribution in [0.4, 0.5) is 0 Å². The first-order valence-corrected chi connectivity index (χ1v) is 7.83. The van der Waals surface area contributed by atoms with Gasteiger partial charge in [0.2, 0.25) is 0 Å². The Kier molecular flexibility index (Phi) is 7.10. The third-order valence-electron chi connectivity index (χ3n) is 3.95. The van der Waals surface area contributed by atoms with E-state index >= 15 is 0 Å². The fourth-order valence-corrected chi connectivity index (χ4v) is 2.75. The van der Waals surface area contributed by atoms with Gasteiger partial charge in [-0.15, -0.1) is 0 Å². The molecule has 1 aliphatic carbocycles. The lowest BCUT2D eigenvalue weighted by Gasteiger charge is -2.16. The average molecular weight is 298 g/mol. The summed E-state index contributed by atoms with van der Waals surface area (Å²) in [5.41, 5.74) is 7.65. The van der Waals surface area contributed by atoms with E-state index in [1.165, 1.54) is 5.57 Å². The van der Waals surface area contributed by atoms with E-state index in [-0.39, 0.29) is 6.04 Å². The van der Waals surface area contributed by atoms with Crippen molar-refractivity contribution in [3.63, 3.8) is 0 Å². The molecule has 0 aromatic rings. The molecule has 1 fully saturated rings. The van der Waals surface area contributed by atoms with E-state index in [0.717, 1.165) is 26.2 Å². The maximum atomic E-state index is 6.36. The molecule has 22 heavy (non-hydrogen) atoms. The number of hydrogen-bond donors (Lipinski definition) is 1. The Balaban J connectivity index is 2.10. The van der Waals surface area contributed by atoms with Gasteiger partial charge in [-0.3, -0.25) is 4.90 Å². The van der Waals surface area contributed by atoms with E-state index in [0.29, 0.717) is 5.92 Å². The second kappa shape index (κ2) is 9.36. The lowest BCUT2D eigenvalue weighted by atomic mass is 9.93. The van der Waals surface area contributed by atoms with Crippen molar-refractivity contribution in [2.75, 3.05) is 33.4 Å². The summed E-state index contributed by atoms with van der Waals surface area (Å²) in [6, 6.07) is 0.175. The van der Waals surface area contributed by atoms with Crippen LogP contribution in [0.3, 0.4) is 0 Å². The molecular weight excluding hydrogens is 272 g/mol. The smallest absolute Gasteiger partial charge is 0.0589 e. The summed E-state index contributed by atoms with van der Waals surface area (Å²) in [4.78, 5) is 2.38. The topological polar surface area (TPSA) is 38.5 Å². The Hall–Kier alpha value is -1.68. The lowest BCUT2D eigenvalue weighted by Crippen LogP contribution is -2.31. The molecule has 0 spiro atoms. The van der Waals surface area contributed by atoms with Gasteiger partial charge in [-0.25, -0.2) is 0 Å². The number of nitrogens with zero attached hydrogens (tertiary/aromatic N) is 1. The summed E-state index contributed by atoms with van der Waals surface area (Å²) in [5.74, 6) is 0.369. The zero-order chi connectivity index (χ0) is 15.6. The number of ether oxygens (including phenoxy) is 1. The van der Waals surface area contributed by atoms with Crippen molar-refractivity contribution in [1.82, 2.24) is 4.90 Å². The van der Waals surface area contributed by atoms with Crippen LogP contribution in [0.15, 0.2) is 72.4 Å². The summed E-state index contributed by atoms with van der Waals surface area (Å²) < 4.78 is 5.17. The summed E-state index contributed by atoms with van der Waals surface area (Å²) in [6.07, 6.45) is 22.7.